The molecular weight excluding hydrogens is 463 g/mol. The van der Waals surface area contributed by atoms with E-state index in [0.29, 0.717) is 56.2 Å². The van der Waals surface area contributed by atoms with Gasteiger partial charge >= 0.3 is 0 Å². The lowest BCUT2D eigenvalue weighted by Crippen LogP contribution is -2.63. The van der Waals surface area contributed by atoms with Crippen LogP contribution in [-0.4, -0.2) is 59.4 Å². The minimum absolute atomic E-state index is 0.0383. The number of hydrogen-bond acceptors (Lipinski definition) is 5. The maximum atomic E-state index is 14.3. The Bertz CT molecular complexity index is 1210. The molecule has 0 atom stereocenters. The molecule has 3 amide bonds. The van der Waals surface area contributed by atoms with E-state index >= 15 is 0 Å². The zero-order valence-electron chi connectivity index (χ0n) is 18.9. The summed E-state index contributed by atoms with van der Waals surface area (Å²) in [6.07, 6.45) is 0.793. The first-order chi connectivity index (χ1) is 16.2. The fourth-order valence-corrected chi connectivity index (χ4v) is 5.09. The van der Waals surface area contributed by atoms with Crippen LogP contribution in [0.15, 0.2) is 30.3 Å². The predicted octanol–water partition coefficient (Wildman–Crippen LogP) is 2.95. The Morgan fingerprint density at radius 1 is 1.18 bits per heavy atom. The number of carbonyl (C=O) groups excluding carboxylic acids is 3. The quantitative estimate of drug-likeness (QED) is 0.704. The molecule has 1 aromatic heterocycles. The number of anilines is 2. The number of benzene rings is 1. The van der Waals surface area contributed by atoms with E-state index in [1.54, 1.807) is 32.0 Å². The smallest absolute Gasteiger partial charge is 0.273 e. The molecule has 0 radical (unpaired) electrons. The zero-order chi connectivity index (χ0) is 24.3. The fraction of sp³-hybridized carbons (Fsp3) is 0.417. The van der Waals surface area contributed by atoms with Crippen LogP contribution >= 0.6 is 11.6 Å². The lowest BCUT2D eigenvalue weighted by molar-refractivity contribution is -0.133. The number of hydrogen-bond donors (Lipinski definition) is 1. The van der Waals surface area contributed by atoms with Crippen molar-refractivity contribution in [1.29, 1.82) is 0 Å². The third kappa shape index (κ3) is 3.29. The van der Waals surface area contributed by atoms with Crippen LogP contribution < -0.4 is 10.2 Å². The van der Waals surface area contributed by atoms with E-state index in [0.717, 1.165) is 0 Å². The van der Waals surface area contributed by atoms with Gasteiger partial charge in [-0.1, -0.05) is 11.6 Å². The molecule has 178 valence electrons. The Morgan fingerprint density at radius 2 is 1.91 bits per heavy atom. The summed E-state index contributed by atoms with van der Waals surface area (Å²) in [7, 11) is 0. The highest BCUT2D eigenvalue weighted by Crippen LogP contribution is 2.49. The second kappa shape index (κ2) is 8.02. The van der Waals surface area contributed by atoms with Crippen molar-refractivity contribution in [3.05, 3.63) is 52.6 Å². The number of pyridine rings is 1. The number of halogens is 2. The monoisotopic (exact) mass is 486 g/mol. The first-order valence-corrected chi connectivity index (χ1v) is 11.5. The SMILES string of the molecule is CC1(C)C(=O)NCCN1C(=O)c1ccc2c(n1)C1(CCOCC1)C(=O)N2c1ccc(Cl)c(F)c1. The number of ether oxygens (including phenoxy) is 1. The van der Waals surface area contributed by atoms with Gasteiger partial charge in [0.1, 0.15) is 17.1 Å². The molecule has 34 heavy (non-hydrogen) atoms. The Morgan fingerprint density at radius 3 is 2.62 bits per heavy atom. The third-order valence-electron chi connectivity index (χ3n) is 7.00. The van der Waals surface area contributed by atoms with Crippen LogP contribution in [0.25, 0.3) is 0 Å². The number of fused-ring (bicyclic) bond motifs is 2. The maximum Gasteiger partial charge on any atom is 0.273 e. The molecule has 0 unspecified atom stereocenters. The van der Waals surface area contributed by atoms with Gasteiger partial charge in [0, 0.05) is 26.3 Å². The molecule has 2 aromatic rings. The maximum absolute atomic E-state index is 14.3. The normalized spacial score (nSPS) is 20.9. The number of carbonyl (C=O) groups is 3. The van der Waals surface area contributed by atoms with E-state index in [1.807, 2.05) is 0 Å². The zero-order valence-corrected chi connectivity index (χ0v) is 19.6. The average molecular weight is 487 g/mol. The van der Waals surface area contributed by atoms with Crippen molar-refractivity contribution in [1.82, 2.24) is 15.2 Å². The molecule has 8 nitrogen and oxygen atoms in total. The number of nitrogens with one attached hydrogen (secondary N) is 1. The second-order valence-corrected chi connectivity index (χ2v) is 9.68. The Labute approximate surface area is 201 Å². The van der Waals surface area contributed by atoms with Crippen LogP contribution in [-0.2, 0) is 19.7 Å². The van der Waals surface area contributed by atoms with Gasteiger partial charge in [-0.25, -0.2) is 9.37 Å². The summed E-state index contributed by atoms with van der Waals surface area (Å²) in [6, 6.07) is 7.43. The van der Waals surface area contributed by atoms with E-state index in [2.05, 4.69) is 5.32 Å². The van der Waals surface area contributed by atoms with Crippen molar-refractivity contribution >= 4 is 40.7 Å². The van der Waals surface area contributed by atoms with E-state index < -0.39 is 16.8 Å². The first-order valence-electron chi connectivity index (χ1n) is 11.2. The number of rotatable bonds is 2. The molecule has 1 aromatic carbocycles. The van der Waals surface area contributed by atoms with Crippen molar-refractivity contribution in [2.24, 2.45) is 0 Å². The van der Waals surface area contributed by atoms with Crippen molar-refractivity contribution in [3.8, 4) is 0 Å². The van der Waals surface area contributed by atoms with Gasteiger partial charge in [-0.15, -0.1) is 0 Å². The number of piperazine rings is 1. The van der Waals surface area contributed by atoms with Gasteiger partial charge in [-0.05, 0) is 57.0 Å². The van der Waals surface area contributed by atoms with E-state index in [4.69, 9.17) is 21.3 Å². The van der Waals surface area contributed by atoms with Gasteiger partial charge in [0.05, 0.1) is 27.5 Å². The minimum atomic E-state index is -1.03. The van der Waals surface area contributed by atoms with E-state index in [1.165, 1.54) is 21.9 Å². The molecular formula is C24H24ClFN4O4. The Kier molecular flexibility index (Phi) is 5.37. The summed E-state index contributed by atoms with van der Waals surface area (Å²) >= 11 is 5.85. The molecule has 5 rings (SSSR count). The van der Waals surface area contributed by atoms with E-state index in [9.17, 15) is 18.8 Å². The van der Waals surface area contributed by atoms with Crippen molar-refractivity contribution in [2.75, 3.05) is 31.2 Å². The van der Waals surface area contributed by atoms with Gasteiger partial charge < -0.3 is 15.0 Å². The molecule has 2 fully saturated rings. The summed E-state index contributed by atoms with van der Waals surface area (Å²) < 4.78 is 19.8. The van der Waals surface area contributed by atoms with Gasteiger partial charge in [-0.2, -0.15) is 0 Å². The van der Waals surface area contributed by atoms with E-state index in [-0.39, 0.29) is 28.4 Å². The van der Waals surface area contributed by atoms with Crippen LogP contribution in [0.2, 0.25) is 5.02 Å². The molecule has 0 bridgehead atoms. The summed E-state index contributed by atoms with van der Waals surface area (Å²) in [6.45, 7) is 4.82. The minimum Gasteiger partial charge on any atom is -0.381 e. The summed E-state index contributed by atoms with van der Waals surface area (Å²) in [5.74, 6) is -1.48. The lowest BCUT2D eigenvalue weighted by atomic mass is 9.77. The Hall–Kier alpha value is -3.04. The molecule has 1 N–H and O–H groups in total. The van der Waals surface area contributed by atoms with Crippen molar-refractivity contribution in [3.63, 3.8) is 0 Å². The number of amides is 3. The van der Waals surface area contributed by atoms with Gasteiger partial charge in [0.15, 0.2) is 0 Å². The molecule has 0 aliphatic carbocycles. The lowest BCUT2D eigenvalue weighted by Gasteiger charge is -2.41. The second-order valence-electron chi connectivity index (χ2n) is 9.27. The average Bonchev–Trinajstić information content (AvgIpc) is 3.05. The highest BCUT2D eigenvalue weighted by molar-refractivity contribution is 6.30. The van der Waals surface area contributed by atoms with Crippen molar-refractivity contribution < 1.29 is 23.5 Å². The molecule has 3 aliphatic rings. The Balaban J connectivity index is 1.61. The van der Waals surface area contributed by atoms with Crippen LogP contribution in [0, 0.1) is 5.82 Å². The molecule has 3 aliphatic heterocycles. The highest BCUT2D eigenvalue weighted by Gasteiger charge is 2.54. The fourth-order valence-electron chi connectivity index (χ4n) is 4.97. The van der Waals surface area contributed by atoms with Crippen LogP contribution in [0.4, 0.5) is 15.8 Å². The topological polar surface area (TPSA) is 91.8 Å². The highest BCUT2D eigenvalue weighted by atomic mass is 35.5. The largest absolute Gasteiger partial charge is 0.381 e. The van der Waals surface area contributed by atoms with Gasteiger partial charge in [0.2, 0.25) is 11.8 Å². The van der Waals surface area contributed by atoms with Crippen LogP contribution in [0.1, 0.15) is 42.9 Å². The van der Waals surface area contributed by atoms with Crippen LogP contribution in [0.5, 0.6) is 0 Å². The molecule has 2 saturated heterocycles. The van der Waals surface area contributed by atoms with Gasteiger partial charge in [-0.3, -0.25) is 19.3 Å². The molecule has 10 heteroatoms. The standard InChI is InChI=1S/C24H24ClFN4O4/c1-23(2)21(32)27-9-10-29(23)20(31)17-5-6-18-19(28-17)24(7-11-34-12-8-24)22(33)30(18)14-3-4-15(25)16(26)13-14/h3-6,13H,7-12H2,1-2H3,(H,27,32). The molecule has 4 heterocycles. The molecule has 1 spiro atoms. The number of nitrogens with zero attached hydrogens (tertiary/aromatic N) is 3. The summed E-state index contributed by atoms with van der Waals surface area (Å²) in [5, 5.41) is 2.74. The summed E-state index contributed by atoms with van der Waals surface area (Å²) in [4.78, 5) is 47.2. The van der Waals surface area contributed by atoms with Crippen LogP contribution in [0.3, 0.4) is 0 Å². The third-order valence-corrected chi connectivity index (χ3v) is 7.31. The van der Waals surface area contributed by atoms with Gasteiger partial charge in [0.25, 0.3) is 5.91 Å². The first kappa shape index (κ1) is 22.7. The predicted molar refractivity (Wildman–Crippen MR) is 123 cm³/mol. The van der Waals surface area contributed by atoms with Crippen molar-refractivity contribution in [2.45, 2.75) is 37.6 Å². The molecule has 0 saturated carbocycles. The number of aromatic nitrogens is 1. The summed E-state index contributed by atoms with van der Waals surface area (Å²) in [5.41, 5.74) is -0.540.